The quantitative estimate of drug-likeness (QED) is 0.142. The summed E-state index contributed by atoms with van der Waals surface area (Å²) < 4.78 is 11.0. The number of fused-ring (bicyclic) bond motifs is 1. The average Bonchev–Trinajstić information content (AvgIpc) is 3.14. The Morgan fingerprint density at radius 3 is 2.40 bits per heavy atom. The first kappa shape index (κ1) is 26.9. The number of guanidine groups is 1. The third-order valence-corrected chi connectivity index (χ3v) is 4.88. The third kappa shape index (κ3) is 7.33. The fourth-order valence-electron chi connectivity index (χ4n) is 3.33. The number of carboxylic acid groups (broad SMARTS) is 2. The van der Waals surface area contributed by atoms with E-state index in [1.54, 1.807) is 24.3 Å². The summed E-state index contributed by atoms with van der Waals surface area (Å²) >= 11 is 0. The van der Waals surface area contributed by atoms with Crippen LogP contribution >= 0.6 is 12.4 Å². The number of carboxylic acids is 2. The zero-order valence-corrected chi connectivity index (χ0v) is 19.0. The molecule has 2 aromatic rings. The van der Waals surface area contributed by atoms with E-state index in [-0.39, 0.29) is 48.6 Å². The molecule has 3 rings (SSSR count). The largest absolute Gasteiger partial charge is 0.492 e. The molecule has 0 bridgehead atoms. The van der Waals surface area contributed by atoms with Crippen LogP contribution in [0.5, 0.6) is 11.5 Å². The molecular weight excluding hydrogens is 484 g/mol. The van der Waals surface area contributed by atoms with Crippen LogP contribution in [-0.4, -0.2) is 52.6 Å². The minimum absolute atomic E-state index is 0. The highest BCUT2D eigenvalue weighted by Crippen LogP contribution is 2.38. The lowest BCUT2D eigenvalue weighted by molar-refractivity contribution is -0.147. The van der Waals surface area contributed by atoms with Crippen molar-refractivity contribution in [3.63, 3.8) is 0 Å². The summed E-state index contributed by atoms with van der Waals surface area (Å²) in [5, 5.41) is 20.1. The molecule has 0 spiro atoms. The van der Waals surface area contributed by atoms with Crippen molar-refractivity contribution in [3.8, 4) is 11.5 Å². The predicted octanol–water partition coefficient (Wildman–Crippen LogP) is 1.14. The molecule has 0 saturated heterocycles. The van der Waals surface area contributed by atoms with Gasteiger partial charge in [0.25, 0.3) is 0 Å². The minimum atomic E-state index is -1.53. The van der Waals surface area contributed by atoms with Crippen molar-refractivity contribution in [2.45, 2.75) is 24.8 Å². The number of aliphatic carboxylic acids is 2. The number of nitrogens with zero attached hydrogens (tertiary/aromatic N) is 1. The second kappa shape index (κ2) is 11.7. The Bertz CT molecular complexity index is 1150. The molecule has 0 unspecified atom stereocenters. The van der Waals surface area contributed by atoms with Gasteiger partial charge in [0.2, 0.25) is 5.91 Å². The number of aliphatic imine (C=N–C) groups is 1. The first-order valence-electron chi connectivity index (χ1n) is 10.0. The van der Waals surface area contributed by atoms with E-state index in [4.69, 9.17) is 31.2 Å². The zero-order chi connectivity index (χ0) is 24.8. The molecule has 1 aliphatic heterocycles. The molecule has 35 heavy (non-hydrogen) atoms. The smallest absolute Gasteiger partial charge is 0.343 e. The molecule has 0 aromatic heterocycles. The number of benzene rings is 2. The van der Waals surface area contributed by atoms with E-state index in [9.17, 15) is 19.2 Å². The van der Waals surface area contributed by atoms with Gasteiger partial charge >= 0.3 is 17.9 Å². The Morgan fingerprint density at radius 1 is 1.11 bits per heavy atom. The Morgan fingerprint density at radius 2 is 1.80 bits per heavy atom. The minimum Gasteiger partial charge on any atom is -0.492 e. The monoisotopic (exact) mass is 506 g/mol. The van der Waals surface area contributed by atoms with Crippen molar-refractivity contribution in [1.82, 2.24) is 5.32 Å². The number of hydrogen-bond donors (Lipinski definition) is 5. The van der Waals surface area contributed by atoms with E-state index in [0.717, 1.165) is 0 Å². The molecule has 1 amide bonds. The number of carbonyl (C=O) groups excluding carboxylic acids is 2. The number of carbonyl (C=O) groups is 4. The van der Waals surface area contributed by atoms with E-state index in [1.807, 2.05) is 0 Å². The van der Waals surface area contributed by atoms with Crippen molar-refractivity contribution in [2.75, 3.05) is 6.61 Å². The Kier molecular flexibility index (Phi) is 9.00. The highest BCUT2D eigenvalue weighted by Gasteiger charge is 2.29. The van der Waals surface area contributed by atoms with Gasteiger partial charge in [-0.25, -0.2) is 14.6 Å². The van der Waals surface area contributed by atoms with Gasteiger partial charge in [-0.15, -0.1) is 12.4 Å². The molecule has 2 aromatic carbocycles. The summed E-state index contributed by atoms with van der Waals surface area (Å²) in [4.78, 5) is 50.4. The lowest BCUT2D eigenvalue weighted by Crippen LogP contribution is -2.42. The molecule has 2 atom stereocenters. The Balaban J connectivity index is 0.00000432. The van der Waals surface area contributed by atoms with E-state index >= 15 is 0 Å². The number of nitrogens with two attached hydrogens (primary N) is 2. The first-order chi connectivity index (χ1) is 16.1. The van der Waals surface area contributed by atoms with Gasteiger partial charge in [-0.05, 0) is 30.3 Å². The second-order valence-electron chi connectivity index (χ2n) is 7.44. The van der Waals surface area contributed by atoms with Gasteiger partial charge in [0.15, 0.2) is 5.96 Å². The average molecular weight is 507 g/mol. The second-order valence-corrected chi connectivity index (χ2v) is 7.44. The maximum Gasteiger partial charge on any atom is 0.343 e. The van der Waals surface area contributed by atoms with Crippen LogP contribution < -0.4 is 26.3 Å². The molecule has 0 aliphatic carbocycles. The topological polar surface area (TPSA) is 204 Å². The number of esters is 1. The lowest BCUT2D eigenvalue weighted by Gasteiger charge is -2.14. The molecule has 13 heteroatoms. The summed E-state index contributed by atoms with van der Waals surface area (Å²) in [6, 6.07) is 9.33. The van der Waals surface area contributed by atoms with Crippen LogP contribution in [0.4, 0.5) is 5.69 Å². The Hall–Kier alpha value is -4.32. The highest BCUT2D eigenvalue weighted by atomic mass is 35.5. The Labute approximate surface area is 205 Å². The number of halogens is 1. The van der Waals surface area contributed by atoms with Crippen molar-refractivity contribution >= 4 is 47.9 Å². The summed E-state index contributed by atoms with van der Waals surface area (Å²) in [6.45, 7) is 0.156. The van der Waals surface area contributed by atoms with Crippen LogP contribution in [-0.2, 0) is 14.4 Å². The summed E-state index contributed by atoms with van der Waals surface area (Å²) in [5.74, 6) is -3.82. The SMILES string of the molecule is Cl.NC(N)=Nc1ccc(C(=O)Oc2ccc3c(c2)OC[C@H]3CC(=O)N[C@@H](CC(=O)O)C(=O)O)cc1. The fourth-order valence-corrected chi connectivity index (χ4v) is 3.33. The van der Waals surface area contributed by atoms with Crippen LogP contribution in [0.15, 0.2) is 47.5 Å². The third-order valence-electron chi connectivity index (χ3n) is 4.88. The highest BCUT2D eigenvalue weighted by molar-refractivity contribution is 5.91. The standard InChI is InChI=1S/C22H22N4O8.ClH/c23-22(24)25-13-3-1-11(2-4-13)21(32)34-14-5-6-15-12(10-33-17(15)8-14)7-18(27)26-16(20(30)31)9-19(28)29;/h1-6,8,12,16H,7,9-10H2,(H,26,27)(H,28,29)(H,30,31)(H4,23,24,25);1H/t12-,16+;/m1./s1. The van der Waals surface area contributed by atoms with Crippen molar-refractivity contribution in [3.05, 3.63) is 53.6 Å². The van der Waals surface area contributed by atoms with E-state index in [0.29, 0.717) is 17.0 Å². The predicted molar refractivity (Wildman–Crippen MR) is 125 cm³/mol. The van der Waals surface area contributed by atoms with Crippen LogP contribution in [0.3, 0.4) is 0 Å². The van der Waals surface area contributed by atoms with Crippen LogP contribution in [0, 0.1) is 0 Å². The normalized spacial score (nSPS) is 14.3. The number of nitrogens with one attached hydrogen (secondary N) is 1. The summed E-state index contributed by atoms with van der Waals surface area (Å²) in [6.07, 6.45) is -0.831. The van der Waals surface area contributed by atoms with Gasteiger partial charge in [-0.2, -0.15) is 0 Å². The van der Waals surface area contributed by atoms with Gasteiger partial charge in [-0.3, -0.25) is 9.59 Å². The molecule has 1 heterocycles. The number of hydrogen-bond acceptors (Lipinski definition) is 7. The number of amides is 1. The van der Waals surface area contributed by atoms with Gasteiger partial charge in [0, 0.05) is 24.0 Å². The number of rotatable bonds is 9. The van der Waals surface area contributed by atoms with Crippen molar-refractivity contribution in [1.29, 1.82) is 0 Å². The molecule has 7 N–H and O–H groups in total. The maximum absolute atomic E-state index is 12.4. The van der Waals surface area contributed by atoms with E-state index in [1.165, 1.54) is 18.2 Å². The van der Waals surface area contributed by atoms with Crippen LogP contribution in [0.1, 0.15) is 34.7 Å². The molecule has 12 nitrogen and oxygen atoms in total. The summed E-state index contributed by atoms with van der Waals surface area (Å²) in [5.41, 5.74) is 12.1. The maximum atomic E-state index is 12.4. The van der Waals surface area contributed by atoms with Gasteiger partial charge in [-0.1, -0.05) is 6.07 Å². The van der Waals surface area contributed by atoms with E-state index < -0.39 is 36.3 Å². The van der Waals surface area contributed by atoms with Crippen molar-refractivity contribution in [2.24, 2.45) is 16.5 Å². The lowest BCUT2D eigenvalue weighted by atomic mass is 9.97. The van der Waals surface area contributed by atoms with Crippen LogP contribution in [0.25, 0.3) is 0 Å². The molecule has 0 saturated carbocycles. The fraction of sp³-hybridized carbons (Fsp3) is 0.227. The van der Waals surface area contributed by atoms with Gasteiger partial charge in [0.05, 0.1) is 24.3 Å². The van der Waals surface area contributed by atoms with E-state index in [2.05, 4.69) is 10.3 Å². The van der Waals surface area contributed by atoms with Crippen molar-refractivity contribution < 1.29 is 38.9 Å². The van der Waals surface area contributed by atoms with Crippen LogP contribution in [0.2, 0.25) is 0 Å². The molecule has 186 valence electrons. The molecular formula is C22H23ClN4O8. The van der Waals surface area contributed by atoms with Gasteiger partial charge in [0.1, 0.15) is 17.5 Å². The summed E-state index contributed by atoms with van der Waals surface area (Å²) in [7, 11) is 0. The molecule has 0 radical (unpaired) electrons. The zero-order valence-electron chi connectivity index (χ0n) is 18.2. The molecule has 0 fully saturated rings. The first-order valence-corrected chi connectivity index (χ1v) is 10.0. The number of ether oxygens (including phenoxy) is 2. The molecule has 1 aliphatic rings. The van der Waals surface area contributed by atoms with Gasteiger partial charge < -0.3 is 36.5 Å².